The van der Waals surface area contributed by atoms with Crippen molar-refractivity contribution in [2.75, 3.05) is 67.7 Å². The summed E-state index contributed by atoms with van der Waals surface area (Å²) in [7, 11) is -0.435. The minimum atomic E-state index is -4.13. The van der Waals surface area contributed by atoms with Gasteiger partial charge in [0.25, 0.3) is 15.6 Å². The maximum atomic E-state index is 11.7. The topological polar surface area (TPSA) is 126 Å². The fourth-order valence-electron chi connectivity index (χ4n) is 6.30. The van der Waals surface area contributed by atoms with Crippen LogP contribution in [0.25, 0.3) is 0 Å². The molecule has 2 atom stereocenters. The molecule has 0 radical (unpaired) electrons. The number of phosphoric ester groups is 2. The number of hydrogen-bond donors (Lipinski definition) is 2. The molecule has 0 aliphatic carbocycles. The van der Waals surface area contributed by atoms with Crippen LogP contribution in [0.2, 0.25) is 0 Å². The van der Waals surface area contributed by atoms with Gasteiger partial charge >= 0.3 is 0 Å². The van der Waals surface area contributed by atoms with Crippen LogP contribution in [-0.4, -0.2) is 67.7 Å². The van der Waals surface area contributed by atoms with Crippen LogP contribution in [0, 0.1) is 0 Å². The second-order valence-electron chi connectivity index (χ2n) is 15.7. The summed E-state index contributed by atoms with van der Waals surface area (Å²) in [6.45, 7) is 2.09. The zero-order valence-electron chi connectivity index (χ0n) is 34.6. The van der Waals surface area contributed by atoms with Crippen molar-refractivity contribution in [2.45, 2.75) is 193 Å². The second kappa shape index (κ2) is 38.0. The van der Waals surface area contributed by atoms with Gasteiger partial charge in [0, 0.05) is 0 Å². The predicted octanol–water partition coefficient (Wildman–Crippen LogP) is 7.98. The van der Waals surface area contributed by atoms with E-state index in [9.17, 15) is 18.9 Å². The first-order chi connectivity index (χ1) is 25.0. The first kappa shape index (κ1) is 52.1. The molecule has 0 saturated heterocycles. The summed E-state index contributed by atoms with van der Waals surface area (Å²) >= 11 is 0. The molecule has 2 unspecified atom stereocenters. The summed E-state index contributed by atoms with van der Waals surface area (Å²) in [5.74, 6) is 0. The molecule has 0 aromatic rings. The van der Waals surface area contributed by atoms with Crippen LogP contribution in [0.5, 0.6) is 0 Å². The first-order valence-electron chi connectivity index (χ1n) is 21.8. The molecular formula is C40H86N2O8P2. The lowest BCUT2D eigenvalue weighted by Gasteiger charge is -2.22. The standard InChI is InChI=1S/C40H86N2O8P2/c1-41(2)35-39-49-51(43,44)47-37-33-31-29-27-25-23-21-19-17-15-13-11-9-7-5-6-8-10-12-14-16-18-20-22-24-26-28-30-32-34-38-48-52(45,46)50-40-36-42(3)4/h5-40H2,1-4H3,(H,43,44)(H,45,46). The number of nitrogens with one attached hydrogen (secondary N) is 2. The van der Waals surface area contributed by atoms with Gasteiger partial charge in [-0.05, 0) is 12.8 Å². The number of unbranched alkanes of at least 4 members (excludes halogenated alkanes) is 29. The van der Waals surface area contributed by atoms with Gasteiger partial charge in [-0.2, -0.15) is 0 Å². The lowest BCUT2D eigenvalue weighted by Crippen LogP contribution is -3.06. The Kier molecular flexibility index (Phi) is 38.1. The Morgan fingerprint density at radius 2 is 0.462 bits per heavy atom. The summed E-state index contributed by atoms with van der Waals surface area (Å²) in [5, 5.41) is 0. The lowest BCUT2D eigenvalue weighted by molar-refractivity contribution is -0.858. The average molecular weight is 785 g/mol. The molecule has 0 bridgehead atoms. The molecule has 0 aliphatic heterocycles. The van der Waals surface area contributed by atoms with Gasteiger partial charge in [-0.25, -0.2) is 0 Å². The third-order valence-corrected chi connectivity index (χ3v) is 11.7. The molecule has 0 rings (SSSR count). The van der Waals surface area contributed by atoms with Gasteiger partial charge in [-0.15, -0.1) is 0 Å². The van der Waals surface area contributed by atoms with E-state index in [1.165, 1.54) is 154 Å². The van der Waals surface area contributed by atoms with E-state index in [0.717, 1.165) is 48.3 Å². The number of likely N-dealkylation sites (N-methyl/N-ethyl adjacent to an activating group) is 2. The highest BCUT2D eigenvalue weighted by Crippen LogP contribution is 2.38. The predicted molar refractivity (Wildman–Crippen MR) is 213 cm³/mol. The summed E-state index contributed by atoms with van der Waals surface area (Å²) in [5.41, 5.74) is 0. The van der Waals surface area contributed by atoms with Gasteiger partial charge in [0.15, 0.2) is 0 Å². The molecule has 0 amide bonds. The molecule has 52 heavy (non-hydrogen) atoms. The molecule has 12 heteroatoms. The SMILES string of the molecule is C[NH+](C)CCOP(=O)([O-])OCCCCCCCCCCCCCCCCCCCCCCCCCCCCCCCCOP(=O)([O-])OCC[NH+](C)C. The Bertz CT molecular complexity index is 771. The molecule has 2 N–H and O–H groups in total. The van der Waals surface area contributed by atoms with Crippen molar-refractivity contribution in [3.05, 3.63) is 0 Å². The van der Waals surface area contributed by atoms with Crippen molar-refractivity contribution >= 4 is 15.6 Å². The van der Waals surface area contributed by atoms with E-state index in [1.807, 2.05) is 28.2 Å². The maximum Gasteiger partial charge on any atom is 0.268 e. The van der Waals surface area contributed by atoms with E-state index < -0.39 is 15.6 Å². The minimum Gasteiger partial charge on any atom is -0.756 e. The van der Waals surface area contributed by atoms with Crippen molar-refractivity contribution < 1.29 is 46.8 Å². The van der Waals surface area contributed by atoms with Crippen LogP contribution in [0.15, 0.2) is 0 Å². The fraction of sp³-hybridized carbons (Fsp3) is 1.00. The highest BCUT2D eigenvalue weighted by molar-refractivity contribution is 7.46. The van der Waals surface area contributed by atoms with Crippen molar-refractivity contribution in [1.29, 1.82) is 0 Å². The van der Waals surface area contributed by atoms with Crippen LogP contribution in [0.4, 0.5) is 0 Å². The van der Waals surface area contributed by atoms with Gasteiger partial charge in [-0.1, -0.05) is 180 Å². The van der Waals surface area contributed by atoms with E-state index in [2.05, 4.69) is 0 Å². The Hall–Kier alpha value is 0.140. The van der Waals surface area contributed by atoms with E-state index in [-0.39, 0.29) is 26.4 Å². The lowest BCUT2D eigenvalue weighted by atomic mass is 10.0. The highest BCUT2D eigenvalue weighted by Gasteiger charge is 2.11. The molecule has 0 spiro atoms. The normalized spacial score (nSPS) is 14.4. The smallest absolute Gasteiger partial charge is 0.268 e. The fourth-order valence-corrected chi connectivity index (χ4v) is 7.79. The van der Waals surface area contributed by atoms with Gasteiger partial charge in [0.1, 0.15) is 26.3 Å². The van der Waals surface area contributed by atoms with E-state index in [0.29, 0.717) is 13.1 Å². The quantitative estimate of drug-likeness (QED) is 0.0471. The Balaban J connectivity index is 3.20. The molecule has 0 heterocycles. The Morgan fingerprint density at radius 3 is 0.635 bits per heavy atom. The third-order valence-electron chi connectivity index (χ3n) is 9.74. The highest BCUT2D eigenvalue weighted by atomic mass is 31.2. The zero-order chi connectivity index (χ0) is 38.4. The van der Waals surface area contributed by atoms with E-state index in [4.69, 9.17) is 18.1 Å². The minimum absolute atomic E-state index is 0.173. The van der Waals surface area contributed by atoms with Gasteiger partial charge in [-0.3, -0.25) is 9.13 Å². The van der Waals surface area contributed by atoms with Crippen LogP contribution in [-0.2, 0) is 27.2 Å². The van der Waals surface area contributed by atoms with Crippen molar-refractivity contribution in [2.24, 2.45) is 0 Å². The largest absolute Gasteiger partial charge is 0.756 e. The Morgan fingerprint density at radius 1 is 0.308 bits per heavy atom. The number of phosphoric acid groups is 2. The van der Waals surface area contributed by atoms with Crippen LogP contribution < -0.4 is 19.6 Å². The van der Waals surface area contributed by atoms with Crippen LogP contribution in [0.3, 0.4) is 0 Å². The first-order valence-corrected chi connectivity index (χ1v) is 24.7. The van der Waals surface area contributed by atoms with E-state index in [1.54, 1.807) is 0 Å². The molecule has 314 valence electrons. The summed E-state index contributed by atoms with van der Waals surface area (Å²) in [6, 6.07) is 0. The molecule has 0 saturated carbocycles. The second-order valence-corrected chi connectivity index (χ2v) is 18.6. The average Bonchev–Trinajstić information content (AvgIpc) is 3.07. The molecule has 0 aromatic heterocycles. The molecule has 10 nitrogen and oxygen atoms in total. The number of quaternary nitrogens is 2. The van der Waals surface area contributed by atoms with Crippen LogP contribution >= 0.6 is 15.6 Å². The summed E-state index contributed by atoms with van der Waals surface area (Å²) < 4.78 is 43.0. The van der Waals surface area contributed by atoms with Gasteiger partial charge in [0.05, 0.1) is 41.4 Å². The monoisotopic (exact) mass is 785 g/mol. The summed E-state index contributed by atoms with van der Waals surface area (Å²) in [4.78, 5) is 25.6. The Labute approximate surface area is 322 Å². The number of hydrogen-bond acceptors (Lipinski definition) is 8. The molecular weight excluding hydrogens is 698 g/mol. The van der Waals surface area contributed by atoms with Crippen molar-refractivity contribution in [1.82, 2.24) is 0 Å². The molecule has 0 fully saturated rings. The van der Waals surface area contributed by atoms with Crippen molar-refractivity contribution in [3.63, 3.8) is 0 Å². The van der Waals surface area contributed by atoms with E-state index >= 15 is 0 Å². The summed E-state index contributed by atoms with van der Waals surface area (Å²) in [6.07, 6.45) is 38.7. The maximum absolute atomic E-state index is 11.7. The molecule has 0 aromatic carbocycles. The van der Waals surface area contributed by atoms with Gasteiger partial charge < -0.3 is 37.7 Å². The number of rotatable bonds is 43. The van der Waals surface area contributed by atoms with Crippen molar-refractivity contribution in [3.8, 4) is 0 Å². The molecule has 0 aliphatic rings. The van der Waals surface area contributed by atoms with Crippen LogP contribution in [0.1, 0.15) is 193 Å². The zero-order valence-corrected chi connectivity index (χ0v) is 36.4. The van der Waals surface area contributed by atoms with Gasteiger partial charge in [0.2, 0.25) is 0 Å². The third kappa shape index (κ3) is 42.9.